The Labute approximate surface area is 113 Å². The maximum atomic E-state index is 11.9. The van der Waals surface area contributed by atoms with E-state index in [1.165, 1.54) is 0 Å². The number of amides is 1. The van der Waals surface area contributed by atoms with Gasteiger partial charge in [0.25, 0.3) is 5.91 Å². The van der Waals surface area contributed by atoms with Gasteiger partial charge in [-0.2, -0.15) is 0 Å². The highest BCUT2D eigenvalue weighted by Crippen LogP contribution is 2.15. The van der Waals surface area contributed by atoms with Gasteiger partial charge in [-0.05, 0) is 44.0 Å². The van der Waals surface area contributed by atoms with Gasteiger partial charge >= 0.3 is 0 Å². The summed E-state index contributed by atoms with van der Waals surface area (Å²) in [5, 5.41) is 3.86. The van der Waals surface area contributed by atoms with Crippen molar-refractivity contribution in [1.29, 1.82) is 0 Å². The number of halogens is 2. The van der Waals surface area contributed by atoms with E-state index in [4.69, 9.17) is 0 Å². The molecular formula is C12H15Br2NO. The molecule has 0 heterocycles. The number of carbonyl (C=O) groups is 1. The Balaban J connectivity index is 2.72. The van der Waals surface area contributed by atoms with Crippen LogP contribution < -0.4 is 5.32 Å². The summed E-state index contributed by atoms with van der Waals surface area (Å²) in [4.78, 5) is 11.9. The number of nitrogens with one attached hydrogen (secondary N) is 1. The molecule has 1 unspecified atom stereocenters. The zero-order chi connectivity index (χ0) is 12.1. The molecule has 0 saturated heterocycles. The maximum absolute atomic E-state index is 11.9. The van der Waals surface area contributed by atoms with Crippen molar-refractivity contribution in [2.75, 3.05) is 5.33 Å². The molecule has 1 rings (SSSR count). The Bertz CT molecular complexity index is 359. The molecule has 0 bridgehead atoms. The molecule has 0 aromatic heterocycles. The topological polar surface area (TPSA) is 29.1 Å². The van der Waals surface area contributed by atoms with Gasteiger partial charge in [-0.1, -0.05) is 31.9 Å². The molecule has 4 heteroatoms. The molecule has 0 aliphatic rings. The number of hydrogen-bond donors (Lipinski definition) is 1. The van der Waals surface area contributed by atoms with Crippen LogP contribution in [0.4, 0.5) is 0 Å². The summed E-state index contributed by atoms with van der Waals surface area (Å²) in [7, 11) is 0. The average molecular weight is 349 g/mol. The molecule has 1 aromatic carbocycles. The van der Waals surface area contributed by atoms with Crippen molar-refractivity contribution in [2.45, 2.75) is 26.3 Å². The predicted molar refractivity (Wildman–Crippen MR) is 74.2 cm³/mol. The van der Waals surface area contributed by atoms with Gasteiger partial charge in [0.15, 0.2) is 0 Å². The Hall–Kier alpha value is -0.350. The van der Waals surface area contributed by atoms with Crippen LogP contribution in [0.3, 0.4) is 0 Å². The van der Waals surface area contributed by atoms with Crippen LogP contribution in [0, 0.1) is 6.92 Å². The second-order valence-corrected chi connectivity index (χ2v) is 5.58. The second-order valence-electron chi connectivity index (χ2n) is 3.87. The Kier molecular flexibility index (Phi) is 5.49. The fourth-order valence-corrected chi connectivity index (χ4v) is 2.70. The SMILES string of the molecule is Cc1cc(Br)cc(C(=O)NC(C)CCBr)c1. The Morgan fingerprint density at radius 3 is 2.69 bits per heavy atom. The minimum atomic E-state index is -0.0159. The van der Waals surface area contributed by atoms with Crippen molar-refractivity contribution in [1.82, 2.24) is 5.32 Å². The fraction of sp³-hybridized carbons (Fsp3) is 0.417. The molecule has 1 amide bonds. The summed E-state index contributed by atoms with van der Waals surface area (Å²) in [5.74, 6) is -0.0159. The Morgan fingerprint density at radius 2 is 2.12 bits per heavy atom. The van der Waals surface area contributed by atoms with E-state index < -0.39 is 0 Å². The lowest BCUT2D eigenvalue weighted by Gasteiger charge is -2.12. The van der Waals surface area contributed by atoms with Crippen molar-refractivity contribution in [3.63, 3.8) is 0 Å². The van der Waals surface area contributed by atoms with Gasteiger partial charge in [0.05, 0.1) is 0 Å². The lowest BCUT2D eigenvalue weighted by molar-refractivity contribution is 0.0939. The molecular weight excluding hydrogens is 334 g/mol. The summed E-state index contributed by atoms with van der Waals surface area (Å²) in [6.07, 6.45) is 0.929. The summed E-state index contributed by atoms with van der Waals surface area (Å²) < 4.78 is 0.936. The molecule has 1 atom stereocenters. The largest absolute Gasteiger partial charge is 0.350 e. The summed E-state index contributed by atoms with van der Waals surface area (Å²) in [5.41, 5.74) is 1.78. The number of aryl methyl sites for hydroxylation is 1. The van der Waals surface area contributed by atoms with Crippen LogP contribution in [0.2, 0.25) is 0 Å². The third-order valence-corrected chi connectivity index (χ3v) is 3.14. The molecule has 0 spiro atoms. The van der Waals surface area contributed by atoms with Crippen LogP contribution in [0.5, 0.6) is 0 Å². The van der Waals surface area contributed by atoms with Crippen LogP contribution >= 0.6 is 31.9 Å². The van der Waals surface area contributed by atoms with E-state index in [2.05, 4.69) is 37.2 Å². The fourth-order valence-electron chi connectivity index (χ4n) is 1.41. The lowest BCUT2D eigenvalue weighted by Crippen LogP contribution is -2.32. The van der Waals surface area contributed by atoms with Crippen LogP contribution in [0.1, 0.15) is 29.3 Å². The first-order chi connectivity index (χ1) is 7.52. The van der Waals surface area contributed by atoms with Gasteiger partial charge in [-0.25, -0.2) is 0 Å². The normalized spacial score (nSPS) is 12.2. The molecule has 2 nitrogen and oxygen atoms in total. The minimum absolute atomic E-state index is 0.0159. The van der Waals surface area contributed by atoms with Crippen molar-refractivity contribution >= 4 is 37.8 Å². The minimum Gasteiger partial charge on any atom is -0.350 e. The number of rotatable bonds is 4. The van der Waals surface area contributed by atoms with E-state index in [9.17, 15) is 4.79 Å². The number of hydrogen-bond acceptors (Lipinski definition) is 1. The molecule has 1 aromatic rings. The van der Waals surface area contributed by atoms with E-state index >= 15 is 0 Å². The maximum Gasteiger partial charge on any atom is 0.251 e. The summed E-state index contributed by atoms with van der Waals surface area (Å²) in [6.45, 7) is 3.98. The van der Waals surface area contributed by atoms with Gasteiger partial charge in [-0.15, -0.1) is 0 Å². The molecule has 0 fully saturated rings. The molecule has 16 heavy (non-hydrogen) atoms. The van der Waals surface area contributed by atoms with Crippen LogP contribution in [0.25, 0.3) is 0 Å². The summed E-state index contributed by atoms with van der Waals surface area (Å²) >= 11 is 6.75. The zero-order valence-corrected chi connectivity index (χ0v) is 12.6. The number of benzene rings is 1. The van der Waals surface area contributed by atoms with Crippen LogP contribution in [-0.4, -0.2) is 17.3 Å². The average Bonchev–Trinajstić information content (AvgIpc) is 2.16. The van der Waals surface area contributed by atoms with Gasteiger partial charge in [0, 0.05) is 21.4 Å². The highest BCUT2D eigenvalue weighted by atomic mass is 79.9. The van der Waals surface area contributed by atoms with Crippen molar-refractivity contribution in [3.8, 4) is 0 Å². The summed E-state index contributed by atoms with van der Waals surface area (Å²) in [6, 6.07) is 5.90. The smallest absolute Gasteiger partial charge is 0.251 e. The quantitative estimate of drug-likeness (QED) is 0.826. The molecule has 0 radical (unpaired) electrons. The van der Waals surface area contributed by atoms with Gasteiger partial charge in [0.2, 0.25) is 0 Å². The third kappa shape index (κ3) is 4.26. The van der Waals surface area contributed by atoms with Gasteiger partial charge in [-0.3, -0.25) is 4.79 Å². The lowest BCUT2D eigenvalue weighted by atomic mass is 10.1. The number of alkyl halides is 1. The molecule has 0 aliphatic carbocycles. The van der Waals surface area contributed by atoms with E-state index in [1.807, 2.05) is 32.0 Å². The standard InChI is InChI=1S/C12H15Br2NO/c1-8-5-10(7-11(14)6-8)12(16)15-9(2)3-4-13/h5-7,9H,3-4H2,1-2H3,(H,15,16). The Morgan fingerprint density at radius 1 is 1.44 bits per heavy atom. The number of carbonyl (C=O) groups excluding carboxylic acids is 1. The third-order valence-electron chi connectivity index (χ3n) is 2.22. The monoisotopic (exact) mass is 347 g/mol. The first-order valence-electron chi connectivity index (χ1n) is 5.17. The second kappa shape index (κ2) is 6.40. The first-order valence-corrected chi connectivity index (χ1v) is 7.08. The van der Waals surface area contributed by atoms with E-state index in [-0.39, 0.29) is 11.9 Å². The van der Waals surface area contributed by atoms with Crippen LogP contribution in [-0.2, 0) is 0 Å². The van der Waals surface area contributed by atoms with Gasteiger partial charge < -0.3 is 5.32 Å². The van der Waals surface area contributed by atoms with E-state index in [1.54, 1.807) is 0 Å². The van der Waals surface area contributed by atoms with E-state index in [0.29, 0.717) is 5.56 Å². The molecule has 0 aliphatic heterocycles. The molecule has 88 valence electrons. The molecule has 1 N–H and O–H groups in total. The van der Waals surface area contributed by atoms with Crippen molar-refractivity contribution in [3.05, 3.63) is 33.8 Å². The van der Waals surface area contributed by atoms with Gasteiger partial charge in [0.1, 0.15) is 0 Å². The van der Waals surface area contributed by atoms with Crippen molar-refractivity contribution in [2.24, 2.45) is 0 Å². The predicted octanol–water partition coefficient (Wildman–Crippen LogP) is 3.66. The highest BCUT2D eigenvalue weighted by molar-refractivity contribution is 9.10. The van der Waals surface area contributed by atoms with Crippen LogP contribution in [0.15, 0.2) is 22.7 Å². The van der Waals surface area contributed by atoms with Crippen molar-refractivity contribution < 1.29 is 4.79 Å². The first kappa shape index (κ1) is 13.7. The van der Waals surface area contributed by atoms with E-state index in [0.717, 1.165) is 21.8 Å². The highest BCUT2D eigenvalue weighted by Gasteiger charge is 2.10. The zero-order valence-electron chi connectivity index (χ0n) is 9.39. The molecule has 0 saturated carbocycles.